The molecule has 0 aliphatic carbocycles. The maximum Gasteiger partial charge on any atom is 0.132 e. The number of rotatable bonds is 9. The van der Waals surface area contributed by atoms with E-state index < -0.39 is 0 Å². The Hall–Kier alpha value is -2.43. The minimum Gasteiger partial charge on any atom is -0.364 e. The van der Waals surface area contributed by atoms with Gasteiger partial charge < -0.3 is 9.51 Å². The quantitative estimate of drug-likeness (QED) is 0.503. The van der Waals surface area contributed by atoms with Crippen molar-refractivity contribution in [3.8, 4) is 11.3 Å². The van der Waals surface area contributed by atoms with Crippen molar-refractivity contribution < 1.29 is 8.91 Å². The number of H-pyrrole nitrogens is 1. The molecule has 0 fully saturated rings. The van der Waals surface area contributed by atoms with Gasteiger partial charge in [0.05, 0.1) is 17.6 Å². The number of aromatic amines is 1. The van der Waals surface area contributed by atoms with E-state index in [9.17, 15) is 4.39 Å². The van der Waals surface area contributed by atoms with E-state index in [-0.39, 0.29) is 11.2 Å². The van der Waals surface area contributed by atoms with Gasteiger partial charge in [-0.25, -0.2) is 9.37 Å². The Morgan fingerprint density at radius 1 is 1.08 bits per heavy atom. The van der Waals surface area contributed by atoms with Gasteiger partial charge in [0, 0.05) is 23.5 Å². The predicted octanol–water partition coefficient (Wildman–Crippen LogP) is 5.67. The number of imidazole rings is 1. The molecule has 0 saturated heterocycles. The molecule has 0 radical (unpaired) electrons. The molecule has 0 saturated carbocycles. The van der Waals surface area contributed by atoms with Gasteiger partial charge in [-0.1, -0.05) is 50.4 Å². The van der Waals surface area contributed by atoms with Crippen molar-refractivity contribution in [3.63, 3.8) is 0 Å². The molecule has 0 amide bonds. The molecule has 0 atom stereocenters. The molecule has 138 valence electrons. The minimum absolute atomic E-state index is 0.0582. The Morgan fingerprint density at radius 2 is 1.88 bits per heavy atom. The standard InChI is InChI=1S/C21H26FN3O/c1-21(2,19-12-14-26-25-19)13-8-4-3-5-11-20-23-15-18(24-20)16-9-6-7-10-17(16)22/h6-7,9-10,12,14-15H,3-5,8,11,13H2,1-2H3,(H,23,24). The van der Waals surface area contributed by atoms with Crippen molar-refractivity contribution >= 4 is 0 Å². The van der Waals surface area contributed by atoms with E-state index in [1.807, 2.05) is 12.1 Å². The number of nitrogens with zero attached hydrogens (tertiary/aromatic N) is 2. The van der Waals surface area contributed by atoms with Crippen LogP contribution in [0.4, 0.5) is 4.39 Å². The molecule has 3 aromatic rings. The van der Waals surface area contributed by atoms with Gasteiger partial charge in [-0.05, 0) is 25.0 Å². The summed E-state index contributed by atoms with van der Waals surface area (Å²) in [5.41, 5.74) is 2.39. The van der Waals surface area contributed by atoms with Crippen LogP contribution < -0.4 is 0 Å². The molecule has 1 N–H and O–H groups in total. The fourth-order valence-corrected chi connectivity index (χ4v) is 3.21. The molecule has 2 heterocycles. The van der Waals surface area contributed by atoms with Crippen molar-refractivity contribution in [2.24, 2.45) is 0 Å². The summed E-state index contributed by atoms with van der Waals surface area (Å²) < 4.78 is 18.8. The summed E-state index contributed by atoms with van der Waals surface area (Å²) in [5, 5.41) is 4.06. The number of halogens is 1. The third-order valence-corrected chi connectivity index (χ3v) is 4.89. The van der Waals surface area contributed by atoms with Crippen LogP contribution in [0.15, 0.2) is 47.3 Å². The van der Waals surface area contributed by atoms with Crippen molar-refractivity contribution in [2.75, 3.05) is 0 Å². The Balaban J connectivity index is 1.39. The van der Waals surface area contributed by atoms with Crippen LogP contribution >= 0.6 is 0 Å². The highest BCUT2D eigenvalue weighted by molar-refractivity contribution is 5.59. The molecule has 3 rings (SSSR count). The fraction of sp³-hybridized carbons (Fsp3) is 0.429. The predicted molar refractivity (Wildman–Crippen MR) is 100 cm³/mol. The van der Waals surface area contributed by atoms with Crippen LogP contribution in [0.25, 0.3) is 11.3 Å². The van der Waals surface area contributed by atoms with Crippen molar-refractivity contribution in [2.45, 2.75) is 57.8 Å². The largest absolute Gasteiger partial charge is 0.364 e. The number of nitrogens with one attached hydrogen (secondary N) is 1. The average molecular weight is 355 g/mol. The second-order valence-electron chi connectivity index (χ2n) is 7.41. The molecular formula is C21H26FN3O. The zero-order valence-electron chi connectivity index (χ0n) is 15.5. The summed E-state index contributed by atoms with van der Waals surface area (Å²) in [5.74, 6) is 0.698. The maximum atomic E-state index is 13.8. The molecular weight excluding hydrogens is 329 g/mol. The molecule has 26 heavy (non-hydrogen) atoms. The lowest BCUT2D eigenvalue weighted by Gasteiger charge is -2.21. The molecule has 2 aromatic heterocycles. The van der Waals surface area contributed by atoms with E-state index in [4.69, 9.17) is 4.52 Å². The zero-order valence-corrected chi connectivity index (χ0v) is 15.5. The Kier molecular flexibility index (Phi) is 5.86. The highest BCUT2D eigenvalue weighted by Gasteiger charge is 2.22. The number of benzene rings is 1. The van der Waals surface area contributed by atoms with E-state index in [1.54, 1.807) is 24.6 Å². The van der Waals surface area contributed by atoms with Gasteiger partial charge in [0.1, 0.15) is 17.9 Å². The first-order valence-corrected chi connectivity index (χ1v) is 9.26. The first kappa shape index (κ1) is 18.4. The van der Waals surface area contributed by atoms with E-state index in [0.29, 0.717) is 5.56 Å². The van der Waals surface area contributed by atoms with Crippen LogP contribution in [-0.4, -0.2) is 15.1 Å². The second kappa shape index (κ2) is 8.30. The SMILES string of the molecule is CC(C)(CCCCCCc1ncc(-c2ccccc2F)[nH]1)c1ccon1. The fourth-order valence-electron chi connectivity index (χ4n) is 3.21. The van der Waals surface area contributed by atoms with Crippen molar-refractivity contribution in [1.29, 1.82) is 0 Å². The molecule has 0 aliphatic heterocycles. The third kappa shape index (κ3) is 4.59. The second-order valence-corrected chi connectivity index (χ2v) is 7.41. The number of aromatic nitrogens is 3. The van der Waals surface area contributed by atoms with E-state index in [0.717, 1.165) is 42.9 Å². The molecule has 0 bridgehead atoms. The van der Waals surface area contributed by atoms with Gasteiger partial charge in [-0.3, -0.25) is 0 Å². The lowest BCUT2D eigenvalue weighted by atomic mass is 9.83. The van der Waals surface area contributed by atoms with Crippen molar-refractivity contribution in [1.82, 2.24) is 15.1 Å². The summed E-state index contributed by atoms with van der Waals surface area (Å²) in [4.78, 5) is 7.62. The van der Waals surface area contributed by atoms with E-state index >= 15 is 0 Å². The molecule has 0 unspecified atom stereocenters. The number of hydrogen-bond donors (Lipinski definition) is 1. The summed E-state index contributed by atoms with van der Waals surface area (Å²) in [6.45, 7) is 4.41. The third-order valence-electron chi connectivity index (χ3n) is 4.89. The first-order chi connectivity index (χ1) is 12.6. The van der Waals surface area contributed by atoms with Crippen LogP contribution in [0, 0.1) is 5.82 Å². The molecule has 4 nitrogen and oxygen atoms in total. The van der Waals surface area contributed by atoms with Gasteiger partial charge in [0.2, 0.25) is 0 Å². The molecule has 0 aliphatic rings. The number of unbranched alkanes of at least 4 members (excludes halogenated alkanes) is 3. The zero-order chi connectivity index (χ0) is 18.4. The first-order valence-electron chi connectivity index (χ1n) is 9.26. The van der Waals surface area contributed by atoms with Gasteiger partial charge in [-0.2, -0.15) is 0 Å². The molecule has 5 heteroatoms. The average Bonchev–Trinajstić information content (AvgIpc) is 3.30. The highest BCUT2D eigenvalue weighted by Crippen LogP contribution is 2.28. The Bertz CT molecular complexity index is 808. The Morgan fingerprint density at radius 3 is 2.65 bits per heavy atom. The number of aryl methyl sites for hydroxylation is 1. The molecule has 0 spiro atoms. The van der Waals surface area contributed by atoms with Crippen LogP contribution in [0.2, 0.25) is 0 Å². The smallest absolute Gasteiger partial charge is 0.132 e. The lowest BCUT2D eigenvalue weighted by molar-refractivity contribution is 0.368. The van der Waals surface area contributed by atoms with Gasteiger partial charge in [0.25, 0.3) is 0 Å². The lowest BCUT2D eigenvalue weighted by Crippen LogP contribution is -2.17. The number of hydrogen-bond acceptors (Lipinski definition) is 3. The van der Waals surface area contributed by atoms with Crippen LogP contribution in [0.1, 0.15) is 57.5 Å². The Labute approximate surface area is 153 Å². The van der Waals surface area contributed by atoms with Crippen molar-refractivity contribution in [3.05, 3.63) is 60.1 Å². The maximum absolute atomic E-state index is 13.8. The van der Waals surface area contributed by atoms with Gasteiger partial charge in [-0.15, -0.1) is 0 Å². The van der Waals surface area contributed by atoms with Gasteiger partial charge >= 0.3 is 0 Å². The normalized spacial score (nSPS) is 11.8. The van der Waals surface area contributed by atoms with Crippen LogP contribution in [-0.2, 0) is 11.8 Å². The summed E-state index contributed by atoms with van der Waals surface area (Å²) in [6.07, 6.45) is 9.92. The summed E-state index contributed by atoms with van der Waals surface area (Å²) in [6, 6.07) is 8.71. The minimum atomic E-state index is -0.225. The van der Waals surface area contributed by atoms with Crippen LogP contribution in [0.3, 0.4) is 0 Å². The summed E-state index contributed by atoms with van der Waals surface area (Å²) in [7, 11) is 0. The summed E-state index contributed by atoms with van der Waals surface area (Å²) >= 11 is 0. The highest BCUT2D eigenvalue weighted by atomic mass is 19.1. The van der Waals surface area contributed by atoms with Crippen LogP contribution in [0.5, 0.6) is 0 Å². The van der Waals surface area contributed by atoms with E-state index in [1.165, 1.54) is 18.9 Å². The molecule has 1 aromatic carbocycles. The monoisotopic (exact) mass is 355 g/mol. The topological polar surface area (TPSA) is 54.7 Å². The van der Waals surface area contributed by atoms with E-state index in [2.05, 4.69) is 29.0 Å². The van der Waals surface area contributed by atoms with Gasteiger partial charge in [0.15, 0.2) is 0 Å².